The lowest BCUT2D eigenvalue weighted by Gasteiger charge is -2.08. The number of carbonyl (C=O) groups excluding carboxylic acids is 1. The maximum Gasteiger partial charge on any atom is 0.269 e. The minimum atomic E-state index is -0.274. The van der Waals surface area contributed by atoms with Gasteiger partial charge in [-0.1, -0.05) is 29.8 Å². The van der Waals surface area contributed by atoms with Gasteiger partial charge in [-0.05, 0) is 24.3 Å². The predicted molar refractivity (Wildman–Crippen MR) is 121 cm³/mol. The van der Waals surface area contributed by atoms with Crippen LogP contribution in [0.1, 0.15) is 9.67 Å². The molecule has 6 nitrogen and oxygen atoms in total. The van der Waals surface area contributed by atoms with Gasteiger partial charge in [-0.3, -0.25) is 10.1 Å². The van der Waals surface area contributed by atoms with Crippen LogP contribution in [0.2, 0.25) is 5.02 Å². The Morgan fingerprint density at radius 2 is 1.93 bits per heavy atom. The van der Waals surface area contributed by atoms with Crippen molar-refractivity contribution in [2.24, 2.45) is 0 Å². The number of hydrogen-bond donors (Lipinski definition) is 1. The average Bonchev–Trinajstić information content (AvgIpc) is 3.43. The molecule has 2 aromatic carbocycles. The molecule has 4 rings (SSSR count). The molecule has 0 saturated carbocycles. The number of aromatic nitrogens is 2. The van der Waals surface area contributed by atoms with E-state index in [4.69, 9.17) is 21.1 Å². The minimum absolute atomic E-state index is 0.274. The number of nitrogens with one attached hydrogen (secondary N) is 1. The SMILES string of the molecule is COc1ccc(OC)c(-c2csc(NC(=O)c3cnc(-c4ccccc4Cl)s3)n2)c1. The Morgan fingerprint density at radius 3 is 2.70 bits per heavy atom. The largest absolute Gasteiger partial charge is 0.497 e. The van der Waals surface area contributed by atoms with E-state index < -0.39 is 0 Å². The summed E-state index contributed by atoms with van der Waals surface area (Å²) in [6.45, 7) is 0. The zero-order chi connectivity index (χ0) is 21.1. The van der Waals surface area contributed by atoms with Crippen LogP contribution in [0, 0.1) is 0 Å². The van der Waals surface area contributed by atoms with Gasteiger partial charge in [0.2, 0.25) is 0 Å². The smallest absolute Gasteiger partial charge is 0.269 e. The van der Waals surface area contributed by atoms with E-state index in [1.54, 1.807) is 20.3 Å². The fourth-order valence-electron chi connectivity index (χ4n) is 2.77. The van der Waals surface area contributed by atoms with Gasteiger partial charge in [0, 0.05) is 16.5 Å². The van der Waals surface area contributed by atoms with E-state index in [1.165, 1.54) is 28.9 Å². The van der Waals surface area contributed by atoms with Gasteiger partial charge >= 0.3 is 0 Å². The molecule has 30 heavy (non-hydrogen) atoms. The summed E-state index contributed by atoms with van der Waals surface area (Å²) in [5.74, 6) is 1.09. The quantitative estimate of drug-likeness (QED) is 0.392. The zero-order valence-electron chi connectivity index (χ0n) is 16.0. The molecule has 0 bridgehead atoms. The van der Waals surface area contributed by atoms with Crippen LogP contribution in [0.3, 0.4) is 0 Å². The second-order valence-corrected chi connectivity index (χ2v) is 8.36. The van der Waals surface area contributed by atoms with Gasteiger partial charge < -0.3 is 9.47 Å². The van der Waals surface area contributed by atoms with E-state index in [-0.39, 0.29) is 5.91 Å². The van der Waals surface area contributed by atoms with Gasteiger partial charge in [0.15, 0.2) is 5.13 Å². The Kier molecular flexibility index (Phi) is 5.98. The fraction of sp³-hybridized carbons (Fsp3) is 0.0952. The standard InChI is InChI=1S/C21H16ClN3O3S2/c1-27-12-7-8-17(28-2)14(9-12)16-11-29-21(24-16)25-19(26)18-10-23-20(30-18)13-5-3-4-6-15(13)22/h3-11H,1-2H3,(H,24,25,26). The van der Waals surface area contributed by atoms with E-state index in [0.29, 0.717) is 37.2 Å². The van der Waals surface area contributed by atoms with Gasteiger partial charge in [-0.25, -0.2) is 9.97 Å². The second-order valence-electron chi connectivity index (χ2n) is 6.07. The highest BCUT2D eigenvalue weighted by Crippen LogP contribution is 2.35. The molecule has 4 aromatic rings. The van der Waals surface area contributed by atoms with Crippen molar-refractivity contribution in [3.63, 3.8) is 0 Å². The minimum Gasteiger partial charge on any atom is -0.497 e. The van der Waals surface area contributed by atoms with Gasteiger partial charge in [0.05, 0.1) is 31.1 Å². The van der Waals surface area contributed by atoms with Crippen molar-refractivity contribution in [3.05, 3.63) is 63.9 Å². The number of carbonyl (C=O) groups is 1. The third-order valence-electron chi connectivity index (χ3n) is 4.24. The molecule has 0 atom stereocenters. The first-order chi connectivity index (χ1) is 14.6. The van der Waals surface area contributed by atoms with Crippen molar-refractivity contribution in [3.8, 4) is 33.3 Å². The number of halogens is 1. The van der Waals surface area contributed by atoms with Crippen LogP contribution in [0.15, 0.2) is 54.0 Å². The fourth-order valence-corrected chi connectivity index (χ4v) is 4.60. The first-order valence-corrected chi connectivity index (χ1v) is 10.9. The number of methoxy groups -OCH3 is 2. The molecule has 1 amide bonds. The summed E-state index contributed by atoms with van der Waals surface area (Å²) >= 11 is 8.83. The third-order valence-corrected chi connectivity index (χ3v) is 6.36. The Labute approximate surface area is 186 Å². The van der Waals surface area contributed by atoms with Gasteiger partial charge in [-0.2, -0.15) is 0 Å². The van der Waals surface area contributed by atoms with Crippen molar-refractivity contribution in [2.75, 3.05) is 19.5 Å². The van der Waals surface area contributed by atoms with Crippen molar-refractivity contribution >= 4 is 45.3 Å². The van der Waals surface area contributed by atoms with Crippen LogP contribution in [-0.4, -0.2) is 30.1 Å². The Balaban J connectivity index is 1.54. The van der Waals surface area contributed by atoms with Crippen LogP contribution in [0.4, 0.5) is 5.13 Å². The lowest BCUT2D eigenvalue weighted by molar-refractivity contribution is 0.103. The van der Waals surface area contributed by atoms with Crippen LogP contribution in [0.5, 0.6) is 11.5 Å². The molecule has 0 fully saturated rings. The molecule has 2 heterocycles. The number of amides is 1. The van der Waals surface area contributed by atoms with E-state index in [9.17, 15) is 4.79 Å². The molecule has 0 aliphatic heterocycles. The Bertz CT molecular complexity index is 1210. The lowest BCUT2D eigenvalue weighted by Crippen LogP contribution is -2.09. The summed E-state index contributed by atoms with van der Waals surface area (Å²) in [4.78, 5) is 22.0. The molecule has 1 N–H and O–H groups in total. The first kappa shape index (κ1) is 20.3. The number of thiazole rings is 2. The summed E-state index contributed by atoms with van der Waals surface area (Å²) in [6, 6.07) is 12.9. The topological polar surface area (TPSA) is 73.3 Å². The van der Waals surface area contributed by atoms with Gasteiger partial charge in [0.25, 0.3) is 5.91 Å². The average molecular weight is 458 g/mol. The van der Waals surface area contributed by atoms with Crippen LogP contribution < -0.4 is 14.8 Å². The van der Waals surface area contributed by atoms with E-state index in [0.717, 1.165) is 11.1 Å². The van der Waals surface area contributed by atoms with Crippen molar-refractivity contribution in [1.82, 2.24) is 9.97 Å². The first-order valence-electron chi connectivity index (χ1n) is 8.79. The number of rotatable bonds is 6. The predicted octanol–water partition coefficient (Wildman–Crippen LogP) is 5.86. The van der Waals surface area contributed by atoms with Gasteiger partial charge in [-0.15, -0.1) is 22.7 Å². The highest BCUT2D eigenvalue weighted by atomic mass is 35.5. The summed E-state index contributed by atoms with van der Waals surface area (Å²) < 4.78 is 10.7. The maximum atomic E-state index is 12.7. The molecule has 0 saturated heterocycles. The number of ether oxygens (including phenoxy) is 2. The van der Waals surface area contributed by atoms with Crippen LogP contribution >= 0.6 is 34.3 Å². The van der Waals surface area contributed by atoms with Crippen LogP contribution in [-0.2, 0) is 0 Å². The Morgan fingerprint density at radius 1 is 1.10 bits per heavy atom. The second kappa shape index (κ2) is 8.83. The maximum absolute atomic E-state index is 12.7. The normalized spacial score (nSPS) is 10.6. The van der Waals surface area contributed by atoms with Crippen LogP contribution in [0.25, 0.3) is 21.8 Å². The summed E-state index contributed by atoms with van der Waals surface area (Å²) in [7, 11) is 3.20. The van der Waals surface area contributed by atoms with Crippen molar-refractivity contribution < 1.29 is 14.3 Å². The number of nitrogens with zero attached hydrogens (tertiary/aromatic N) is 2. The number of benzene rings is 2. The van der Waals surface area contributed by atoms with E-state index >= 15 is 0 Å². The third kappa shape index (κ3) is 4.16. The zero-order valence-corrected chi connectivity index (χ0v) is 18.4. The van der Waals surface area contributed by atoms with Gasteiger partial charge in [0.1, 0.15) is 21.4 Å². The molecule has 0 unspecified atom stereocenters. The highest BCUT2D eigenvalue weighted by Gasteiger charge is 2.16. The van der Waals surface area contributed by atoms with Crippen molar-refractivity contribution in [2.45, 2.75) is 0 Å². The molecule has 0 spiro atoms. The molecule has 0 aliphatic rings. The highest BCUT2D eigenvalue weighted by molar-refractivity contribution is 7.17. The van der Waals surface area contributed by atoms with E-state index in [2.05, 4.69) is 15.3 Å². The summed E-state index contributed by atoms with van der Waals surface area (Å²) in [5, 5.41) is 6.44. The number of hydrogen-bond acceptors (Lipinski definition) is 7. The summed E-state index contributed by atoms with van der Waals surface area (Å²) in [6.07, 6.45) is 1.54. The molecule has 152 valence electrons. The molecule has 0 radical (unpaired) electrons. The summed E-state index contributed by atoms with van der Waals surface area (Å²) in [5.41, 5.74) is 2.27. The van der Waals surface area contributed by atoms with Crippen molar-refractivity contribution in [1.29, 1.82) is 0 Å². The molecule has 2 aromatic heterocycles. The molecule has 9 heteroatoms. The lowest BCUT2D eigenvalue weighted by atomic mass is 10.1. The molecule has 0 aliphatic carbocycles. The molecular formula is C21H16ClN3O3S2. The monoisotopic (exact) mass is 457 g/mol. The van der Waals surface area contributed by atoms with E-state index in [1.807, 2.05) is 41.8 Å². The number of anilines is 1. The molecular weight excluding hydrogens is 442 g/mol. The Hall–Kier alpha value is -2.94.